The van der Waals surface area contributed by atoms with Gasteiger partial charge >= 0.3 is 6.18 Å². The molecule has 6 nitrogen and oxygen atoms in total. The number of benzene rings is 1. The van der Waals surface area contributed by atoms with E-state index in [9.17, 15) is 23.2 Å². The van der Waals surface area contributed by atoms with E-state index in [0.717, 1.165) is 18.9 Å². The molecule has 0 spiro atoms. The number of halogens is 3. The Morgan fingerprint density at radius 3 is 2.77 bits per heavy atom. The van der Waals surface area contributed by atoms with E-state index in [1.807, 2.05) is 13.0 Å². The Labute approximate surface area is 177 Å². The second kappa shape index (κ2) is 10.2. The molecule has 0 bridgehead atoms. The minimum absolute atomic E-state index is 0.0248. The van der Waals surface area contributed by atoms with E-state index in [0.29, 0.717) is 6.42 Å². The molecule has 0 aromatic heterocycles. The number of carbonyl (C=O) groups excluding carboxylic acids is 1. The van der Waals surface area contributed by atoms with Crippen LogP contribution in [-0.2, 0) is 11.0 Å². The number of amides is 1. The van der Waals surface area contributed by atoms with E-state index >= 15 is 0 Å². The summed E-state index contributed by atoms with van der Waals surface area (Å²) in [6.07, 6.45) is 2.14. The largest absolute Gasteiger partial charge is 0.493 e. The van der Waals surface area contributed by atoms with Crippen LogP contribution >= 0.6 is 12.2 Å². The predicted molar refractivity (Wildman–Crippen MR) is 111 cm³/mol. The van der Waals surface area contributed by atoms with Crippen LogP contribution in [0.2, 0.25) is 0 Å². The summed E-state index contributed by atoms with van der Waals surface area (Å²) >= 11 is 5.02. The molecule has 1 atom stereocenters. The number of nitriles is 1. The number of allylic oxidation sites excluding steroid dienone is 1. The Kier molecular flexibility index (Phi) is 7.94. The van der Waals surface area contributed by atoms with Crippen LogP contribution in [0.25, 0.3) is 0 Å². The number of dihydropyridines is 1. The number of ether oxygens (including phenoxy) is 1. The van der Waals surface area contributed by atoms with Gasteiger partial charge < -0.3 is 15.4 Å². The van der Waals surface area contributed by atoms with Crippen LogP contribution in [0.1, 0.15) is 31.7 Å². The third-order valence-electron chi connectivity index (χ3n) is 4.29. The first kappa shape index (κ1) is 23.3. The molecule has 1 aliphatic heterocycles. The predicted octanol–water partition coefficient (Wildman–Crippen LogP) is 4.24. The van der Waals surface area contributed by atoms with Gasteiger partial charge in [-0.3, -0.25) is 9.79 Å². The minimum Gasteiger partial charge on any atom is -0.493 e. The molecule has 1 aromatic carbocycles. The minimum atomic E-state index is -4.63. The van der Waals surface area contributed by atoms with Crippen molar-refractivity contribution in [3.05, 3.63) is 35.9 Å². The van der Waals surface area contributed by atoms with Crippen molar-refractivity contribution in [3.8, 4) is 11.8 Å². The highest BCUT2D eigenvalue weighted by atomic mass is 32.1. The summed E-state index contributed by atoms with van der Waals surface area (Å²) in [5.41, 5.74) is -2.44. The lowest BCUT2D eigenvalue weighted by Gasteiger charge is -2.22. The Hall–Kier alpha value is -2.93. The average molecular weight is 438 g/mol. The second-order valence-electron chi connectivity index (χ2n) is 6.60. The molecule has 10 heteroatoms. The number of rotatable bonds is 7. The van der Waals surface area contributed by atoms with Gasteiger partial charge in [-0.25, -0.2) is 0 Å². The lowest BCUT2D eigenvalue weighted by atomic mass is 9.87. The first-order chi connectivity index (χ1) is 14.2. The van der Waals surface area contributed by atoms with Gasteiger partial charge in [0.05, 0.1) is 24.8 Å². The number of unbranched alkanes of at least 4 members (excludes halogenated alkanes) is 2. The van der Waals surface area contributed by atoms with Gasteiger partial charge in [-0.05, 0) is 42.9 Å². The zero-order chi connectivity index (χ0) is 22.2. The number of carbonyl (C=O) groups is 1. The molecule has 2 N–H and O–H groups in total. The summed E-state index contributed by atoms with van der Waals surface area (Å²) in [5, 5.41) is 14.0. The van der Waals surface area contributed by atoms with Gasteiger partial charge in [-0.2, -0.15) is 18.4 Å². The summed E-state index contributed by atoms with van der Waals surface area (Å²) in [6, 6.07) is 5.32. The van der Waals surface area contributed by atoms with Crippen molar-refractivity contribution in [1.82, 2.24) is 5.32 Å². The molecule has 1 amide bonds. The number of hydrogen-bond donors (Lipinski definition) is 2. The maximum atomic E-state index is 13.4. The highest BCUT2D eigenvalue weighted by Gasteiger charge is 2.38. The maximum absolute atomic E-state index is 13.4. The van der Waals surface area contributed by atoms with Crippen LogP contribution in [0, 0.1) is 16.7 Å². The fraction of sp³-hybridized carbons (Fsp3) is 0.400. The first-order valence-corrected chi connectivity index (χ1v) is 9.68. The molecular weight excluding hydrogens is 417 g/mol. The molecule has 1 aliphatic rings. The number of nitrogens with zero attached hydrogens (tertiary/aromatic N) is 2. The Morgan fingerprint density at radius 1 is 1.40 bits per heavy atom. The standard InChI is InChI=1S/C20H21F3N4O2S/c1-2-3-4-10-29-16-7-6-14(11-15(16)20(21,22)23)26-18(30)27-17(28)19(12-24)8-5-9-25-13-19/h5-9,11H,2-4,10,13H2,1H3,(H2,26,27,28,30). The van der Waals surface area contributed by atoms with Crippen LogP contribution in [0.5, 0.6) is 5.75 Å². The van der Waals surface area contributed by atoms with E-state index in [-0.39, 0.29) is 29.7 Å². The van der Waals surface area contributed by atoms with Crippen molar-refractivity contribution in [2.45, 2.75) is 32.4 Å². The van der Waals surface area contributed by atoms with Gasteiger partial charge in [0.2, 0.25) is 0 Å². The number of nitrogens with one attached hydrogen (secondary N) is 2. The molecule has 0 fully saturated rings. The van der Waals surface area contributed by atoms with Crippen LogP contribution < -0.4 is 15.4 Å². The zero-order valence-electron chi connectivity index (χ0n) is 16.3. The van der Waals surface area contributed by atoms with Gasteiger partial charge in [0, 0.05) is 11.9 Å². The maximum Gasteiger partial charge on any atom is 0.420 e. The molecule has 0 saturated heterocycles. The smallest absolute Gasteiger partial charge is 0.420 e. The number of aliphatic imine (C=N–C) groups is 1. The molecule has 2 rings (SSSR count). The van der Waals surface area contributed by atoms with Crippen molar-refractivity contribution in [1.29, 1.82) is 5.26 Å². The topological polar surface area (TPSA) is 86.5 Å². The second-order valence-corrected chi connectivity index (χ2v) is 7.01. The van der Waals surface area contributed by atoms with Gasteiger partial charge in [0.15, 0.2) is 10.5 Å². The SMILES string of the molecule is CCCCCOc1ccc(NC(=S)NC(=O)C2(C#N)C=CC=NC2)cc1C(F)(F)F. The summed E-state index contributed by atoms with van der Waals surface area (Å²) in [6.45, 7) is 2.10. The lowest BCUT2D eigenvalue weighted by Crippen LogP contribution is -2.45. The number of thiocarbonyl (C=S) groups is 1. The Morgan fingerprint density at radius 2 is 2.17 bits per heavy atom. The summed E-state index contributed by atoms with van der Waals surface area (Å²) in [7, 11) is 0. The third kappa shape index (κ3) is 6.03. The van der Waals surface area contributed by atoms with Crippen molar-refractivity contribution in [2.24, 2.45) is 10.4 Å². The fourth-order valence-electron chi connectivity index (χ4n) is 2.65. The van der Waals surface area contributed by atoms with Crippen molar-refractivity contribution < 1.29 is 22.7 Å². The Balaban J connectivity index is 2.09. The molecule has 160 valence electrons. The normalized spacial score (nSPS) is 17.8. The van der Waals surface area contributed by atoms with E-state index < -0.39 is 23.1 Å². The van der Waals surface area contributed by atoms with E-state index in [4.69, 9.17) is 17.0 Å². The van der Waals surface area contributed by atoms with E-state index in [1.54, 1.807) is 0 Å². The van der Waals surface area contributed by atoms with Gasteiger partial charge in [-0.1, -0.05) is 25.8 Å². The number of anilines is 1. The van der Waals surface area contributed by atoms with Crippen molar-refractivity contribution >= 4 is 35.1 Å². The lowest BCUT2D eigenvalue weighted by molar-refractivity contribution is -0.139. The quantitative estimate of drug-likeness (QED) is 0.491. The van der Waals surface area contributed by atoms with E-state index in [2.05, 4.69) is 15.6 Å². The van der Waals surface area contributed by atoms with Gasteiger partial charge in [-0.15, -0.1) is 0 Å². The van der Waals surface area contributed by atoms with Crippen molar-refractivity contribution in [3.63, 3.8) is 0 Å². The van der Waals surface area contributed by atoms with Crippen LogP contribution in [-0.4, -0.2) is 30.4 Å². The molecule has 0 radical (unpaired) electrons. The van der Waals surface area contributed by atoms with Gasteiger partial charge in [0.1, 0.15) is 5.75 Å². The van der Waals surface area contributed by atoms with Crippen molar-refractivity contribution in [2.75, 3.05) is 18.5 Å². The zero-order valence-corrected chi connectivity index (χ0v) is 17.1. The molecule has 1 aromatic rings. The third-order valence-corrected chi connectivity index (χ3v) is 4.50. The highest BCUT2D eigenvalue weighted by Crippen LogP contribution is 2.38. The monoisotopic (exact) mass is 438 g/mol. The number of hydrogen-bond acceptors (Lipinski definition) is 5. The van der Waals surface area contributed by atoms with Crippen LogP contribution in [0.4, 0.5) is 18.9 Å². The van der Waals surface area contributed by atoms with E-state index in [1.165, 1.54) is 30.5 Å². The summed E-state index contributed by atoms with van der Waals surface area (Å²) in [4.78, 5) is 16.3. The molecular formula is C20H21F3N4O2S. The first-order valence-electron chi connectivity index (χ1n) is 9.27. The van der Waals surface area contributed by atoms with Crippen LogP contribution in [0.3, 0.4) is 0 Å². The Bertz CT molecular complexity index is 893. The molecule has 30 heavy (non-hydrogen) atoms. The highest BCUT2D eigenvalue weighted by molar-refractivity contribution is 7.80. The number of alkyl halides is 3. The fourth-order valence-corrected chi connectivity index (χ4v) is 2.87. The molecule has 0 aliphatic carbocycles. The summed E-state index contributed by atoms with van der Waals surface area (Å²) < 4.78 is 45.6. The molecule has 1 unspecified atom stereocenters. The molecule has 1 heterocycles. The average Bonchev–Trinajstić information content (AvgIpc) is 2.71. The van der Waals surface area contributed by atoms with Crippen LogP contribution in [0.15, 0.2) is 35.3 Å². The molecule has 0 saturated carbocycles. The summed E-state index contributed by atoms with van der Waals surface area (Å²) in [5.74, 6) is -0.990. The van der Waals surface area contributed by atoms with Gasteiger partial charge in [0.25, 0.3) is 5.91 Å².